The summed E-state index contributed by atoms with van der Waals surface area (Å²) in [5.41, 5.74) is 12.9. The number of nitriles is 1. The summed E-state index contributed by atoms with van der Waals surface area (Å²) in [4.78, 5) is 7.78. The lowest BCUT2D eigenvalue weighted by molar-refractivity contribution is 0.477. The molecule has 0 bridgehead atoms. The molecule has 0 spiro atoms. The maximum absolute atomic E-state index is 10.2. The van der Waals surface area contributed by atoms with Crippen molar-refractivity contribution in [1.29, 1.82) is 5.26 Å². The Kier molecular flexibility index (Phi) is 4.22. The van der Waals surface area contributed by atoms with Gasteiger partial charge in [-0.2, -0.15) is 20.5 Å². The minimum atomic E-state index is -0.0952. The van der Waals surface area contributed by atoms with E-state index in [0.29, 0.717) is 11.4 Å². The van der Waals surface area contributed by atoms with E-state index in [1.807, 2.05) is 36.4 Å². The van der Waals surface area contributed by atoms with Crippen molar-refractivity contribution in [3.63, 3.8) is 0 Å². The summed E-state index contributed by atoms with van der Waals surface area (Å²) in [6.45, 7) is 0. The fourth-order valence-corrected chi connectivity index (χ4v) is 2.19. The average Bonchev–Trinajstić information content (AvgIpc) is 2.61. The smallest absolute Gasteiger partial charge is 0.222 e. The number of aromatic hydroxyl groups is 1. The lowest BCUT2D eigenvalue weighted by Crippen LogP contribution is -2.05. The Morgan fingerprint density at radius 2 is 1.68 bits per heavy atom. The number of azo groups is 1. The molecule has 0 unspecified atom stereocenters. The summed E-state index contributed by atoms with van der Waals surface area (Å²) >= 11 is 0. The van der Waals surface area contributed by atoms with Crippen LogP contribution in [-0.4, -0.2) is 15.1 Å². The van der Waals surface area contributed by atoms with Crippen molar-refractivity contribution in [2.24, 2.45) is 10.2 Å². The van der Waals surface area contributed by atoms with E-state index in [-0.39, 0.29) is 34.3 Å². The lowest BCUT2D eigenvalue weighted by atomic mass is 10.1. The zero-order valence-corrected chi connectivity index (χ0v) is 13.0. The molecule has 8 heteroatoms. The number of aromatic nitrogens is 2. The van der Waals surface area contributed by atoms with Gasteiger partial charge in [0.05, 0.1) is 17.1 Å². The van der Waals surface area contributed by atoms with E-state index in [1.165, 1.54) is 6.07 Å². The minimum Gasteiger partial charge on any atom is -0.507 e. The maximum atomic E-state index is 10.2. The van der Waals surface area contributed by atoms with Crippen molar-refractivity contribution >= 4 is 23.1 Å². The fraction of sp³-hybridized carbons (Fsp3) is 0. The first-order valence-corrected chi connectivity index (χ1v) is 7.21. The van der Waals surface area contributed by atoms with E-state index in [9.17, 15) is 10.4 Å². The molecule has 0 saturated carbocycles. The zero-order valence-electron chi connectivity index (χ0n) is 13.0. The minimum absolute atomic E-state index is 0.0293. The molecule has 0 fully saturated rings. The van der Waals surface area contributed by atoms with E-state index in [1.54, 1.807) is 12.1 Å². The van der Waals surface area contributed by atoms with Gasteiger partial charge < -0.3 is 16.6 Å². The molecule has 0 saturated heterocycles. The maximum Gasteiger partial charge on any atom is 0.222 e. The summed E-state index contributed by atoms with van der Waals surface area (Å²) in [5.74, 6) is -0.240. The molecule has 25 heavy (non-hydrogen) atoms. The van der Waals surface area contributed by atoms with Gasteiger partial charge in [0.1, 0.15) is 23.2 Å². The zero-order chi connectivity index (χ0) is 17.8. The van der Waals surface area contributed by atoms with Gasteiger partial charge in [-0.05, 0) is 30.3 Å². The SMILES string of the molecule is N#Cc1c(N)nc(N)nc1-c1cc(N=Nc2ccccc2)ccc1O. The molecule has 0 aliphatic rings. The highest BCUT2D eigenvalue weighted by atomic mass is 16.3. The second-order valence-electron chi connectivity index (χ2n) is 5.04. The Morgan fingerprint density at radius 3 is 2.40 bits per heavy atom. The van der Waals surface area contributed by atoms with Crippen LogP contribution in [0.2, 0.25) is 0 Å². The molecule has 5 N–H and O–H groups in total. The Labute approximate surface area is 143 Å². The van der Waals surface area contributed by atoms with Crippen LogP contribution in [0, 0.1) is 11.3 Å². The third-order valence-corrected chi connectivity index (χ3v) is 3.34. The molecule has 2 aromatic carbocycles. The number of phenols is 1. The first-order chi connectivity index (χ1) is 12.1. The van der Waals surface area contributed by atoms with Crippen molar-refractivity contribution in [3.05, 3.63) is 54.1 Å². The van der Waals surface area contributed by atoms with Crippen LogP contribution >= 0.6 is 0 Å². The van der Waals surface area contributed by atoms with Crippen LogP contribution < -0.4 is 11.5 Å². The first-order valence-electron chi connectivity index (χ1n) is 7.21. The van der Waals surface area contributed by atoms with Crippen molar-refractivity contribution in [2.45, 2.75) is 0 Å². The molecule has 3 rings (SSSR count). The Morgan fingerprint density at radius 1 is 0.960 bits per heavy atom. The van der Waals surface area contributed by atoms with Gasteiger partial charge in [-0.3, -0.25) is 0 Å². The predicted molar refractivity (Wildman–Crippen MR) is 93.3 cm³/mol. The average molecular weight is 331 g/mol. The fourth-order valence-electron chi connectivity index (χ4n) is 2.19. The third kappa shape index (κ3) is 3.35. The van der Waals surface area contributed by atoms with E-state index in [2.05, 4.69) is 20.2 Å². The lowest BCUT2D eigenvalue weighted by Gasteiger charge is -2.08. The number of rotatable bonds is 3. The summed E-state index contributed by atoms with van der Waals surface area (Å²) in [5, 5.41) is 27.7. The molecular weight excluding hydrogens is 318 g/mol. The second kappa shape index (κ2) is 6.64. The van der Waals surface area contributed by atoms with Crippen LogP contribution in [-0.2, 0) is 0 Å². The van der Waals surface area contributed by atoms with Crippen LogP contribution in [0.4, 0.5) is 23.1 Å². The van der Waals surface area contributed by atoms with E-state index >= 15 is 0 Å². The highest BCUT2D eigenvalue weighted by Crippen LogP contribution is 2.35. The molecule has 0 aliphatic heterocycles. The van der Waals surface area contributed by atoms with Crippen LogP contribution in [0.3, 0.4) is 0 Å². The van der Waals surface area contributed by atoms with Gasteiger partial charge in [0.2, 0.25) is 5.95 Å². The molecule has 0 radical (unpaired) electrons. The Balaban J connectivity index is 2.07. The molecule has 8 nitrogen and oxygen atoms in total. The van der Waals surface area contributed by atoms with Gasteiger partial charge in [0, 0.05) is 5.56 Å². The number of benzene rings is 2. The van der Waals surface area contributed by atoms with Crippen LogP contribution in [0.5, 0.6) is 5.75 Å². The molecule has 1 aromatic heterocycles. The number of phenolic OH excluding ortho intramolecular Hbond substituents is 1. The molecule has 3 aromatic rings. The topological polar surface area (TPSA) is 147 Å². The van der Waals surface area contributed by atoms with Crippen molar-refractivity contribution in [1.82, 2.24) is 9.97 Å². The number of hydrogen-bond acceptors (Lipinski definition) is 8. The third-order valence-electron chi connectivity index (χ3n) is 3.34. The molecule has 0 amide bonds. The molecule has 0 aliphatic carbocycles. The van der Waals surface area contributed by atoms with Crippen LogP contribution in [0.1, 0.15) is 5.56 Å². The standard InChI is InChI=1S/C17H13N7O/c18-9-13-15(21-17(20)22-16(13)19)12-8-11(6-7-14(12)25)24-23-10-4-2-1-3-5-10/h1-8,25H,(H4,19,20,21,22). The number of nitrogens with zero attached hydrogens (tertiary/aromatic N) is 5. The van der Waals surface area contributed by atoms with Gasteiger partial charge in [-0.15, -0.1) is 0 Å². The number of nitrogen functional groups attached to an aromatic ring is 2. The summed E-state index contributed by atoms with van der Waals surface area (Å²) in [6, 6.07) is 15.7. The van der Waals surface area contributed by atoms with Crippen molar-refractivity contribution in [3.8, 4) is 23.1 Å². The van der Waals surface area contributed by atoms with E-state index in [0.717, 1.165) is 0 Å². The van der Waals surface area contributed by atoms with Gasteiger partial charge in [0.25, 0.3) is 0 Å². The van der Waals surface area contributed by atoms with Crippen LogP contribution in [0.25, 0.3) is 11.3 Å². The molecule has 0 atom stereocenters. The highest BCUT2D eigenvalue weighted by Gasteiger charge is 2.16. The normalized spacial score (nSPS) is 10.7. The summed E-state index contributed by atoms with van der Waals surface area (Å²) in [6.07, 6.45) is 0. The van der Waals surface area contributed by atoms with E-state index < -0.39 is 0 Å². The largest absolute Gasteiger partial charge is 0.507 e. The van der Waals surface area contributed by atoms with Gasteiger partial charge in [-0.25, -0.2) is 4.98 Å². The summed E-state index contributed by atoms with van der Waals surface area (Å²) in [7, 11) is 0. The first kappa shape index (κ1) is 15.9. The number of anilines is 2. The number of nitrogens with two attached hydrogens (primary N) is 2. The van der Waals surface area contributed by atoms with E-state index in [4.69, 9.17) is 11.5 Å². The van der Waals surface area contributed by atoms with Crippen LogP contribution in [0.15, 0.2) is 58.8 Å². The quantitative estimate of drug-likeness (QED) is 0.627. The van der Waals surface area contributed by atoms with Gasteiger partial charge in [-0.1, -0.05) is 18.2 Å². The Hall–Kier alpha value is -3.99. The molecule has 1 heterocycles. The second-order valence-corrected chi connectivity index (χ2v) is 5.04. The highest BCUT2D eigenvalue weighted by molar-refractivity contribution is 5.78. The van der Waals surface area contributed by atoms with Gasteiger partial charge in [0.15, 0.2) is 0 Å². The Bertz CT molecular complexity index is 994. The van der Waals surface area contributed by atoms with Gasteiger partial charge >= 0.3 is 0 Å². The molecule has 122 valence electrons. The predicted octanol–water partition coefficient (Wildman–Crippen LogP) is 3.30. The summed E-state index contributed by atoms with van der Waals surface area (Å²) < 4.78 is 0. The van der Waals surface area contributed by atoms with Crippen molar-refractivity contribution < 1.29 is 5.11 Å². The monoisotopic (exact) mass is 331 g/mol. The number of hydrogen-bond donors (Lipinski definition) is 3. The molecular formula is C17H13N7O. The van der Waals surface area contributed by atoms with Crippen molar-refractivity contribution in [2.75, 3.05) is 11.5 Å².